The zero-order valence-electron chi connectivity index (χ0n) is 12.7. The maximum Gasteiger partial charge on any atom is 0.240 e. The second-order valence-electron chi connectivity index (χ2n) is 5.04. The minimum Gasteiger partial charge on any atom is -0.492 e. The van der Waals surface area contributed by atoms with E-state index in [-0.39, 0.29) is 18.0 Å². The first kappa shape index (κ1) is 16.3. The number of hydrogen-bond acceptors (Lipinski definition) is 4. The van der Waals surface area contributed by atoms with Gasteiger partial charge in [0.2, 0.25) is 10.0 Å². The molecule has 0 saturated heterocycles. The van der Waals surface area contributed by atoms with Gasteiger partial charge in [-0.25, -0.2) is 13.1 Å². The molecule has 0 spiro atoms. The summed E-state index contributed by atoms with van der Waals surface area (Å²) in [4.78, 5) is 0.189. The first-order chi connectivity index (χ1) is 10.4. The van der Waals surface area contributed by atoms with Crippen LogP contribution in [0.5, 0.6) is 5.75 Å². The fraction of sp³-hybridized carbons (Fsp3) is 0.250. The van der Waals surface area contributed by atoms with Crippen LogP contribution in [0.3, 0.4) is 0 Å². The Bertz CT molecular complexity index is 720. The van der Waals surface area contributed by atoms with Gasteiger partial charge in [-0.15, -0.1) is 0 Å². The highest BCUT2D eigenvalue weighted by atomic mass is 32.2. The average Bonchev–Trinajstić information content (AvgIpc) is 2.46. The molecule has 0 heterocycles. The third kappa shape index (κ3) is 3.99. The molecule has 2 rings (SSSR count). The molecule has 2 aromatic carbocycles. The molecular formula is C16H20N2O3S. The number of nitrogen functional groups attached to an aromatic ring is 1. The van der Waals surface area contributed by atoms with Crippen molar-refractivity contribution in [3.63, 3.8) is 0 Å². The molecule has 6 heteroatoms. The molecule has 0 atom stereocenters. The summed E-state index contributed by atoms with van der Waals surface area (Å²) in [6.45, 7) is 4.38. The normalized spacial score (nSPS) is 11.4. The van der Waals surface area contributed by atoms with Crippen molar-refractivity contribution < 1.29 is 13.2 Å². The third-order valence-corrected chi connectivity index (χ3v) is 4.72. The van der Waals surface area contributed by atoms with Crippen LogP contribution < -0.4 is 15.2 Å². The van der Waals surface area contributed by atoms with E-state index in [2.05, 4.69) is 4.72 Å². The van der Waals surface area contributed by atoms with Crippen molar-refractivity contribution in [1.82, 2.24) is 4.72 Å². The number of nitrogens with two attached hydrogens (primary N) is 1. The summed E-state index contributed by atoms with van der Waals surface area (Å²) in [7, 11) is -3.54. The van der Waals surface area contributed by atoms with Crippen LogP contribution in [0.25, 0.3) is 0 Å². The van der Waals surface area contributed by atoms with Crippen LogP contribution in [-0.2, 0) is 10.0 Å². The smallest absolute Gasteiger partial charge is 0.240 e. The van der Waals surface area contributed by atoms with Crippen LogP contribution in [0, 0.1) is 13.8 Å². The van der Waals surface area contributed by atoms with Gasteiger partial charge in [0.1, 0.15) is 12.4 Å². The molecule has 0 aliphatic rings. The van der Waals surface area contributed by atoms with Gasteiger partial charge in [0.25, 0.3) is 0 Å². The summed E-state index contributed by atoms with van der Waals surface area (Å²) in [5, 5.41) is 0. The van der Waals surface area contributed by atoms with Gasteiger partial charge in [0.05, 0.1) is 4.90 Å². The molecule has 22 heavy (non-hydrogen) atoms. The van der Waals surface area contributed by atoms with E-state index in [1.165, 1.54) is 12.1 Å². The van der Waals surface area contributed by atoms with Crippen LogP contribution >= 0.6 is 0 Å². The summed E-state index contributed by atoms with van der Waals surface area (Å²) in [6, 6.07) is 11.9. The Morgan fingerprint density at radius 3 is 2.23 bits per heavy atom. The highest BCUT2D eigenvalue weighted by Gasteiger charge is 2.13. The van der Waals surface area contributed by atoms with Crippen LogP contribution in [0.15, 0.2) is 47.4 Å². The minimum atomic E-state index is -3.54. The van der Waals surface area contributed by atoms with Crippen LogP contribution in [-0.4, -0.2) is 21.6 Å². The third-order valence-electron chi connectivity index (χ3n) is 3.24. The Morgan fingerprint density at radius 1 is 1.05 bits per heavy atom. The van der Waals surface area contributed by atoms with Crippen molar-refractivity contribution in [1.29, 1.82) is 0 Å². The number of rotatable bonds is 6. The van der Waals surface area contributed by atoms with E-state index < -0.39 is 10.0 Å². The number of sulfonamides is 1. The number of ether oxygens (including phenoxy) is 1. The quantitative estimate of drug-likeness (QED) is 0.632. The van der Waals surface area contributed by atoms with Crippen molar-refractivity contribution in [2.24, 2.45) is 0 Å². The summed E-state index contributed by atoms with van der Waals surface area (Å²) >= 11 is 0. The van der Waals surface area contributed by atoms with Crippen molar-refractivity contribution in [3.05, 3.63) is 53.6 Å². The van der Waals surface area contributed by atoms with Crippen molar-refractivity contribution >= 4 is 15.7 Å². The van der Waals surface area contributed by atoms with E-state index in [1.54, 1.807) is 12.1 Å². The van der Waals surface area contributed by atoms with E-state index in [4.69, 9.17) is 10.5 Å². The number of anilines is 1. The standard InChI is InChI=1S/C16H20N2O3S/c1-12-4-3-5-13(2)16(12)21-11-10-18-22(19,20)15-8-6-14(17)7-9-15/h3-9,18H,10-11,17H2,1-2H3. The van der Waals surface area contributed by atoms with Crippen molar-refractivity contribution in [2.45, 2.75) is 18.7 Å². The fourth-order valence-electron chi connectivity index (χ4n) is 2.09. The minimum absolute atomic E-state index is 0.189. The number of hydrogen-bond donors (Lipinski definition) is 2. The molecule has 0 fully saturated rings. The zero-order valence-corrected chi connectivity index (χ0v) is 13.5. The molecule has 5 nitrogen and oxygen atoms in total. The lowest BCUT2D eigenvalue weighted by molar-refractivity contribution is 0.318. The largest absolute Gasteiger partial charge is 0.492 e. The molecule has 0 radical (unpaired) electrons. The molecule has 0 saturated carbocycles. The molecule has 118 valence electrons. The SMILES string of the molecule is Cc1cccc(C)c1OCCNS(=O)(=O)c1ccc(N)cc1. The molecule has 0 aliphatic heterocycles. The number of benzene rings is 2. The number of nitrogens with one attached hydrogen (secondary N) is 1. The summed E-state index contributed by atoms with van der Waals surface area (Å²) < 4.78 is 32.3. The van der Waals surface area contributed by atoms with Crippen LogP contribution in [0.2, 0.25) is 0 Å². The molecule has 2 aromatic rings. The second kappa shape index (κ2) is 6.81. The predicted octanol–water partition coefficient (Wildman–Crippen LogP) is 2.24. The lowest BCUT2D eigenvalue weighted by Gasteiger charge is -2.12. The first-order valence-electron chi connectivity index (χ1n) is 6.94. The molecule has 0 bridgehead atoms. The van der Waals surface area contributed by atoms with E-state index >= 15 is 0 Å². The molecular weight excluding hydrogens is 300 g/mol. The average molecular weight is 320 g/mol. The Balaban J connectivity index is 1.92. The van der Waals surface area contributed by atoms with Gasteiger partial charge in [-0.2, -0.15) is 0 Å². The number of aryl methyl sites for hydroxylation is 2. The van der Waals surface area contributed by atoms with Crippen molar-refractivity contribution in [2.75, 3.05) is 18.9 Å². The van der Waals surface area contributed by atoms with Gasteiger partial charge >= 0.3 is 0 Å². The summed E-state index contributed by atoms with van der Waals surface area (Å²) in [6.07, 6.45) is 0. The van der Waals surface area contributed by atoms with Gasteiger partial charge in [-0.1, -0.05) is 18.2 Å². The molecule has 0 aromatic heterocycles. The Hall–Kier alpha value is -2.05. The molecule has 3 N–H and O–H groups in total. The van der Waals surface area contributed by atoms with E-state index in [1.807, 2.05) is 32.0 Å². The van der Waals surface area contributed by atoms with Crippen LogP contribution in [0.1, 0.15) is 11.1 Å². The predicted molar refractivity (Wildman–Crippen MR) is 87.5 cm³/mol. The van der Waals surface area contributed by atoms with Crippen molar-refractivity contribution in [3.8, 4) is 5.75 Å². The van der Waals surface area contributed by atoms with E-state index in [9.17, 15) is 8.42 Å². The highest BCUT2D eigenvalue weighted by Crippen LogP contribution is 2.22. The van der Waals surface area contributed by atoms with Crippen LogP contribution in [0.4, 0.5) is 5.69 Å². The van der Waals surface area contributed by atoms with Gasteiger partial charge in [0.15, 0.2) is 0 Å². The maximum atomic E-state index is 12.1. The fourth-order valence-corrected chi connectivity index (χ4v) is 3.10. The summed E-state index contributed by atoms with van der Waals surface area (Å²) in [5.74, 6) is 0.800. The Kier molecular flexibility index (Phi) is 5.05. The molecule has 0 aliphatic carbocycles. The number of para-hydroxylation sites is 1. The Labute approximate surface area is 131 Å². The summed E-state index contributed by atoms with van der Waals surface area (Å²) in [5.41, 5.74) is 8.13. The first-order valence-corrected chi connectivity index (χ1v) is 8.43. The van der Waals surface area contributed by atoms with Gasteiger partial charge in [0, 0.05) is 12.2 Å². The van der Waals surface area contributed by atoms with Gasteiger partial charge < -0.3 is 10.5 Å². The van der Waals surface area contributed by atoms with Gasteiger partial charge in [-0.05, 0) is 49.2 Å². The second-order valence-corrected chi connectivity index (χ2v) is 6.80. The lowest BCUT2D eigenvalue weighted by Crippen LogP contribution is -2.28. The van der Waals surface area contributed by atoms with Gasteiger partial charge in [-0.3, -0.25) is 0 Å². The van der Waals surface area contributed by atoms with E-state index in [0.29, 0.717) is 5.69 Å². The monoisotopic (exact) mass is 320 g/mol. The topological polar surface area (TPSA) is 81.4 Å². The molecule has 0 unspecified atom stereocenters. The lowest BCUT2D eigenvalue weighted by atomic mass is 10.1. The van der Waals surface area contributed by atoms with E-state index in [0.717, 1.165) is 16.9 Å². The maximum absolute atomic E-state index is 12.1. The highest BCUT2D eigenvalue weighted by molar-refractivity contribution is 7.89. The molecule has 0 amide bonds. The zero-order chi connectivity index (χ0) is 16.2. The Morgan fingerprint density at radius 2 is 1.64 bits per heavy atom.